The Balaban J connectivity index is 2.29. The number of carbonyl (C=O) groups excluding carboxylic acids is 1. The van der Waals surface area contributed by atoms with Crippen molar-refractivity contribution in [1.29, 1.82) is 0 Å². The molecule has 2 aromatic rings. The largest absolute Gasteiger partial charge is 0.504 e. The number of hydrogen-bond donors (Lipinski definition) is 1. The van der Waals surface area contributed by atoms with Crippen LogP contribution in [0.3, 0.4) is 0 Å². The molecular formula is C21H10Br2F2O4. The Kier molecular flexibility index (Phi) is 4.78. The Morgan fingerprint density at radius 3 is 2.41 bits per heavy atom. The number of benzene rings is 3. The fourth-order valence-electron chi connectivity index (χ4n) is 3.32. The predicted octanol–water partition coefficient (Wildman–Crippen LogP) is 6.19. The number of aldehydes is 1. The van der Waals surface area contributed by atoms with Crippen molar-refractivity contribution in [3.05, 3.63) is 72.3 Å². The van der Waals surface area contributed by atoms with Crippen molar-refractivity contribution in [3.63, 3.8) is 0 Å². The maximum atomic E-state index is 14.3. The lowest BCUT2D eigenvalue weighted by atomic mass is 9.90. The SMILES string of the molecule is Cc1cc(C=O)ccc1-c1c2cc(F)c(=O)c(Br)c-2oc2c(Br)c(O)c(F)cc12. The van der Waals surface area contributed by atoms with Gasteiger partial charge in [0.05, 0.1) is 0 Å². The van der Waals surface area contributed by atoms with Gasteiger partial charge in [-0.25, -0.2) is 8.78 Å². The molecule has 0 fully saturated rings. The Labute approximate surface area is 179 Å². The Hall–Kier alpha value is -2.58. The van der Waals surface area contributed by atoms with Crippen LogP contribution in [0.2, 0.25) is 0 Å². The van der Waals surface area contributed by atoms with Crippen LogP contribution >= 0.6 is 31.9 Å². The van der Waals surface area contributed by atoms with Crippen molar-refractivity contribution >= 4 is 49.1 Å². The second kappa shape index (κ2) is 7.03. The summed E-state index contributed by atoms with van der Waals surface area (Å²) in [5.41, 5.74) is 1.54. The summed E-state index contributed by atoms with van der Waals surface area (Å²) in [7, 11) is 0. The van der Waals surface area contributed by atoms with Gasteiger partial charge in [-0.15, -0.1) is 0 Å². The van der Waals surface area contributed by atoms with Crippen LogP contribution in [-0.2, 0) is 0 Å². The van der Waals surface area contributed by atoms with Crippen molar-refractivity contribution in [2.45, 2.75) is 6.92 Å². The first-order valence-corrected chi connectivity index (χ1v) is 9.85. The summed E-state index contributed by atoms with van der Waals surface area (Å²) in [6, 6.07) is 6.99. The average Bonchev–Trinajstić information content (AvgIpc) is 2.70. The summed E-state index contributed by atoms with van der Waals surface area (Å²) in [4.78, 5) is 23.2. The number of fused-ring (bicyclic) bond motifs is 2. The molecule has 0 saturated heterocycles. The van der Waals surface area contributed by atoms with Gasteiger partial charge in [-0.1, -0.05) is 12.1 Å². The van der Waals surface area contributed by atoms with Gasteiger partial charge >= 0.3 is 0 Å². The van der Waals surface area contributed by atoms with Crippen LogP contribution in [0.1, 0.15) is 15.9 Å². The number of aromatic hydroxyl groups is 1. The minimum atomic E-state index is -0.999. The normalized spacial score (nSPS) is 11.3. The topological polar surface area (TPSA) is 67.5 Å². The van der Waals surface area contributed by atoms with Crippen molar-refractivity contribution in [1.82, 2.24) is 0 Å². The van der Waals surface area contributed by atoms with Gasteiger partial charge in [-0.3, -0.25) is 9.59 Å². The Morgan fingerprint density at radius 1 is 1.03 bits per heavy atom. The molecule has 0 unspecified atom stereocenters. The first-order chi connectivity index (χ1) is 13.7. The lowest BCUT2D eigenvalue weighted by molar-refractivity contribution is 0.112. The van der Waals surface area contributed by atoms with E-state index in [-0.39, 0.29) is 31.2 Å². The third kappa shape index (κ3) is 2.98. The molecule has 1 aliphatic carbocycles. The van der Waals surface area contributed by atoms with E-state index in [9.17, 15) is 23.5 Å². The van der Waals surface area contributed by atoms with Gasteiger partial charge in [0.15, 0.2) is 28.7 Å². The van der Waals surface area contributed by atoms with E-state index < -0.39 is 22.8 Å². The van der Waals surface area contributed by atoms with Crippen LogP contribution in [0.4, 0.5) is 8.78 Å². The van der Waals surface area contributed by atoms with Crippen LogP contribution in [0, 0.1) is 18.6 Å². The zero-order valence-corrected chi connectivity index (χ0v) is 17.8. The van der Waals surface area contributed by atoms with E-state index >= 15 is 0 Å². The van der Waals surface area contributed by atoms with Crippen molar-refractivity contribution in [3.8, 4) is 28.2 Å². The molecule has 4 rings (SSSR count). The molecule has 0 saturated carbocycles. The van der Waals surface area contributed by atoms with Gasteiger partial charge in [-0.2, -0.15) is 0 Å². The van der Waals surface area contributed by atoms with Gasteiger partial charge < -0.3 is 9.52 Å². The fraction of sp³-hybridized carbons (Fsp3) is 0.0476. The summed E-state index contributed by atoms with van der Waals surface area (Å²) < 4.78 is 34.3. The van der Waals surface area contributed by atoms with Gasteiger partial charge in [-0.05, 0) is 68.1 Å². The number of phenolic OH excluding ortho intramolecular Hbond substituents is 1. The molecule has 1 aliphatic heterocycles. The molecule has 146 valence electrons. The smallest absolute Gasteiger partial charge is 0.232 e. The highest BCUT2D eigenvalue weighted by molar-refractivity contribution is 9.11. The maximum Gasteiger partial charge on any atom is 0.232 e. The molecule has 1 N–H and O–H groups in total. The minimum Gasteiger partial charge on any atom is -0.504 e. The molecule has 0 atom stereocenters. The van der Waals surface area contributed by atoms with Crippen molar-refractivity contribution < 1.29 is 23.1 Å². The number of hydrogen-bond acceptors (Lipinski definition) is 4. The minimum absolute atomic E-state index is 0.0403. The Morgan fingerprint density at radius 2 is 1.76 bits per heavy atom. The highest BCUT2D eigenvalue weighted by Crippen LogP contribution is 2.47. The van der Waals surface area contributed by atoms with Crippen LogP contribution in [0.25, 0.3) is 33.4 Å². The second-order valence-corrected chi connectivity index (χ2v) is 8.03. The molecule has 0 aromatic heterocycles. The molecule has 2 aromatic carbocycles. The lowest BCUT2D eigenvalue weighted by Gasteiger charge is -2.19. The van der Waals surface area contributed by atoms with Crippen molar-refractivity contribution in [2.24, 2.45) is 0 Å². The third-order valence-electron chi connectivity index (χ3n) is 4.68. The van der Waals surface area contributed by atoms with E-state index in [2.05, 4.69) is 31.9 Å². The number of aryl methyl sites for hydroxylation is 1. The first-order valence-electron chi connectivity index (χ1n) is 8.26. The van der Waals surface area contributed by atoms with Gasteiger partial charge in [0.1, 0.15) is 15.2 Å². The van der Waals surface area contributed by atoms with Crippen LogP contribution in [0.15, 0.2) is 48.5 Å². The standard InChI is InChI=1S/C21H10Br2F2O4/c1-8-4-9(7-26)2-3-10(8)15-11-5-13(24)18(27)16(22)20(11)29-21-12(15)6-14(25)19(28)17(21)23/h2-7,27H,1H3. The summed E-state index contributed by atoms with van der Waals surface area (Å²) in [6.45, 7) is 1.75. The van der Waals surface area contributed by atoms with E-state index in [1.807, 2.05) is 0 Å². The highest BCUT2D eigenvalue weighted by Gasteiger charge is 2.26. The zero-order valence-electron chi connectivity index (χ0n) is 14.6. The predicted molar refractivity (Wildman–Crippen MR) is 112 cm³/mol. The van der Waals surface area contributed by atoms with Gasteiger partial charge in [0.2, 0.25) is 5.43 Å². The quantitative estimate of drug-likeness (QED) is 0.251. The van der Waals surface area contributed by atoms with Crippen LogP contribution < -0.4 is 5.43 Å². The highest BCUT2D eigenvalue weighted by atomic mass is 79.9. The first kappa shape index (κ1) is 19.7. The molecule has 0 radical (unpaired) electrons. The van der Waals surface area contributed by atoms with Gasteiger partial charge in [0, 0.05) is 22.1 Å². The number of carbonyl (C=O) groups is 1. The molecule has 1 heterocycles. The lowest BCUT2D eigenvalue weighted by Crippen LogP contribution is -2.10. The molecule has 0 bridgehead atoms. The monoisotopic (exact) mass is 522 g/mol. The van der Waals surface area contributed by atoms with Crippen molar-refractivity contribution in [2.75, 3.05) is 0 Å². The van der Waals surface area contributed by atoms with E-state index in [1.54, 1.807) is 25.1 Å². The molecule has 0 amide bonds. The summed E-state index contributed by atoms with van der Waals surface area (Å²) in [5.74, 6) is -2.51. The van der Waals surface area contributed by atoms with E-state index in [4.69, 9.17) is 4.42 Å². The number of phenols is 1. The average molecular weight is 524 g/mol. The van der Waals surface area contributed by atoms with E-state index in [0.717, 1.165) is 12.1 Å². The Bertz CT molecular complexity index is 1360. The van der Waals surface area contributed by atoms with Crippen LogP contribution in [-0.4, -0.2) is 11.4 Å². The number of halogens is 4. The molecule has 4 nitrogen and oxygen atoms in total. The van der Waals surface area contributed by atoms with E-state index in [0.29, 0.717) is 28.5 Å². The third-order valence-corrected chi connectivity index (χ3v) is 6.14. The summed E-state index contributed by atoms with van der Waals surface area (Å²) >= 11 is 6.20. The molecule has 29 heavy (non-hydrogen) atoms. The zero-order chi connectivity index (χ0) is 21.0. The molecule has 8 heteroatoms. The molecular weight excluding hydrogens is 514 g/mol. The fourth-order valence-corrected chi connectivity index (χ4v) is 4.29. The van der Waals surface area contributed by atoms with Gasteiger partial charge in [0.25, 0.3) is 0 Å². The van der Waals surface area contributed by atoms with E-state index in [1.165, 1.54) is 0 Å². The summed E-state index contributed by atoms with van der Waals surface area (Å²) in [6.07, 6.45) is 0.696. The second-order valence-electron chi connectivity index (χ2n) is 6.45. The number of rotatable bonds is 2. The maximum absolute atomic E-state index is 14.3. The molecule has 2 aliphatic rings. The summed E-state index contributed by atoms with van der Waals surface area (Å²) in [5, 5.41) is 10.2. The molecule has 0 spiro atoms. The van der Waals surface area contributed by atoms with Crippen LogP contribution in [0.5, 0.6) is 5.75 Å².